The molecule has 0 radical (unpaired) electrons. The molecule has 2 aromatic carbocycles. The molecule has 2 aromatic rings. The maximum atomic E-state index is 10.4. The minimum Gasteiger partial charge on any atom is -0.497 e. The fourth-order valence-electron chi connectivity index (χ4n) is 4.50. The molecule has 1 aliphatic rings. The zero-order valence-electron chi connectivity index (χ0n) is 19.6. The molecule has 6 heteroatoms. The number of piperidine rings is 1. The summed E-state index contributed by atoms with van der Waals surface area (Å²) in [5.41, 5.74) is 2.26. The molecule has 1 aliphatic heterocycles. The number of aliphatic imine (C=N–C) groups is 1. The number of aliphatic hydroxyl groups excluding tert-OH is 1. The molecule has 1 heterocycles. The summed E-state index contributed by atoms with van der Waals surface area (Å²) < 4.78 is 5.33. The molecule has 3 N–H and O–H groups in total. The van der Waals surface area contributed by atoms with E-state index in [1.807, 2.05) is 42.5 Å². The summed E-state index contributed by atoms with van der Waals surface area (Å²) in [5.74, 6) is 2.15. The van der Waals surface area contributed by atoms with Crippen LogP contribution in [0.3, 0.4) is 0 Å². The monoisotopic (exact) mass is 438 g/mol. The van der Waals surface area contributed by atoms with Crippen LogP contribution in [0.4, 0.5) is 0 Å². The molecular formula is C26H38N4O2. The number of rotatable bonds is 9. The van der Waals surface area contributed by atoms with E-state index in [2.05, 4.69) is 41.6 Å². The Balaban J connectivity index is 1.61. The van der Waals surface area contributed by atoms with Crippen LogP contribution in [0, 0.1) is 5.92 Å². The van der Waals surface area contributed by atoms with E-state index in [1.165, 1.54) is 12.0 Å². The van der Waals surface area contributed by atoms with Gasteiger partial charge in [0, 0.05) is 25.7 Å². The van der Waals surface area contributed by atoms with Gasteiger partial charge in [0.2, 0.25) is 0 Å². The molecule has 32 heavy (non-hydrogen) atoms. The zero-order chi connectivity index (χ0) is 22.8. The summed E-state index contributed by atoms with van der Waals surface area (Å²) in [6.45, 7) is 5.41. The van der Waals surface area contributed by atoms with Gasteiger partial charge in [-0.2, -0.15) is 0 Å². The van der Waals surface area contributed by atoms with Gasteiger partial charge in [0.15, 0.2) is 5.96 Å². The molecule has 1 saturated heterocycles. The van der Waals surface area contributed by atoms with E-state index in [1.54, 1.807) is 7.11 Å². The first-order valence-electron chi connectivity index (χ1n) is 11.7. The zero-order valence-corrected chi connectivity index (χ0v) is 19.6. The second-order valence-corrected chi connectivity index (χ2v) is 8.46. The third kappa shape index (κ3) is 6.71. The molecule has 0 saturated carbocycles. The van der Waals surface area contributed by atoms with E-state index >= 15 is 0 Å². The fourth-order valence-corrected chi connectivity index (χ4v) is 4.50. The lowest BCUT2D eigenvalue weighted by atomic mass is 9.85. The normalized spacial score (nSPS) is 20.6. The highest BCUT2D eigenvalue weighted by Crippen LogP contribution is 2.35. The Morgan fingerprint density at radius 3 is 2.59 bits per heavy atom. The highest BCUT2D eigenvalue weighted by Gasteiger charge is 2.30. The Kier molecular flexibility index (Phi) is 9.38. The Hall–Kier alpha value is -2.57. The van der Waals surface area contributed by atoms with Crippen LogP contribution in [0.2, 0.25) is 0 Å². The lowest BCUT2D eigenvalue weighted by molar-refractivity contribution is 0.125. The van der Waals surface area contributed by atoms with Crippen molar-refractivity contribution in [3.63, 3.8) is 0 Å². The molecule has 3 atom stereocenters. The number of hydrogen-bond donors (Lipinski definition) is 3. The van der Waals surface area contributed by atoms with Crippen molar-refractivity contribution in [1.29, 1.82) is 0 Å². The van der Waals surface area contributed by atoms with E-state index in [9.17, 15) is 5.11 Å². The van der Waals surface area contributed by atoms with Crippen molar-refractivity contribution < 1.29 is 9.84 Å². The number of likely N-dealkylation sites (tertiary alicyclic amines) is 1. The van der Waals surface area contributed by atoms with Crippen LogP contribution in [0.1, 0.15) is 49.5 Å². The van der Waals surface area contributed by atoms with Crippen LogP contribution in [0.15, 0.2) is 59.6 Å². The highest BCUT2D eigenvalue weighted by molar-refractivity contribution is 5.79. The fraction of sp³-hybridized carbons (Fsp3) is 0.500. The van der Waals surface area contributed by atoms with E-state index in [0.29, 0.717) is 24.9 Å². The minimum absolute atomic E-state index is 0.348. The van der Waals surface area contributed by atoms with E-state index < -0.39 is 6.10 Å². The predicted molar refractivity (Wildman–Crippen MR) is 131 cm³/mol. The predicted octanol–water partition coefficient (Wildman–Crippen LogP) is 3.76. The van der Waals surface area contributed by atoms with Crippen molar-refractivity contribution in [1.82, 2.24) is 15.5 Å². The van der Waals surface area contributed by atoms with Crippen LogP contribution in [0.5, 0.6) is 5.75 Å². The summed E-state index contributed by atoms with van der Waals surface area (Å²) >= 11 is 0. The number of methoxy groups -OCH3 is 1. The number of benzene rings is 2. The molecule has 0 amide bonds. The van der Waals surface area contributed by atoms with E-state index in [4.69, 9.17) is 9.73 Å². The van der Waals surface area contributed by atoms with Gasteiger partial charge < -0.3 is 20.5 Å². The summed E-state index contributed by atoms with van der Waals surface area (Å²) in [6.07, 6.45) is 2.51. The van der Waals surface area contributed by atoms with Crippen molar-refractivity contribution in [2.75, 3.05) is 40.3 Å². The maximum absolute atomic E-state index is 10.4. The lowest BCUT2D eigenvalue weighted by Gasteiger charge is -2.39. The first-order valence-corrected chi connectivity index (χ1v) is 11.7. The van der Waals surface area contributed by atoms with Crippen molar-refractivity contribution in [2.45, 2.75) is 38.3 Å². The third-order valence-corrected chi connectivity index (χ3v) is 6.19. The molecule has 174 valence electrons. The summed E-state index contributed by atoms with van der Waals surface area (Å²) in [7, 11) is 3.91. The average molecular weight is 439 g/mol. The molecule has 0 spiro atoms. The van der Waals surface area contributed by atoms with Gasteiger partial charge >= 0.3 is 0 Å². The van der Waals surface area contributed by atoms with Crippen molar-refractivity contribution >= 4 is 5.96 Å². The first-order chi connectivity index (χ1) is 15.6. The molecule has 3 unspecified atom stereocenters. The van der Waals surface area contributed by atoms with E-state index in [-0.39, 0.29) is 0 Å². The van der Waals surface area contributed by atoms with E-state index in [0.717, 1.165) is 43.3 Å². The summed E-state index contributed by atoms with van der Waals surface area (Å²) in [6, 6.07) is 18.6. The smallest absolute Gasteiger partial charge is 0.191 e. The maximum Gasteiger partial charge on any atom is 0.191 e. The van der Waals surface area contributed by atoms with Crippen LogP contribution < -0.4 is 15.4 Å². The Bertz CT molecular complexity index is 825. The van der Waals surface area contributed by atoms with Gasteiger partial charge in [-0.1, -0.05) is 42.5 Å². The molecule has 6 nitrogen and oxygen atoms in total. The Morgan fingerprint density at radius 2 is 1.91 bits per heavy atom. The lowest BCUT2D eigenvalue weighted by Crippen LogP contribution is -2.40. The number of hydrogen-bond acceptors (Lipinski definition) is 4. The highest BCUT2D eigenvalue weighted by atomic mass is 16.5. The first kappa shape index (κ1) is 24.1. The van der Waals surface area contributed by atoms with Gasteiger partial charge in [0.25, 0.3) is 0 Å². The molecular weight excluding hydrogens is 400 g/mol. The summed E-state index contributed by atoms with van der Waals surface area (Å²) in [4.78, 5) is 7.36. The second-order valence-electron chi connectivity index (χ2n) is 8.46. The minimum atomic E-state index is -0.474. The number of guanidine groups is 1. The Labute approximate surface area is 192 Å². The molecule has 1 fully saturated rings. The summed E-state index contributed by atoms with van der Waals surface area (Å²) in [5, 5.41) is 17.1. The number of nitrogens with zero attached hydrogens (tertiary/aromatic N) is 2. The van der Waals surface area contributed by atoms with Gasteiger partial charge in [0.05, 0.1) is 13.2 Å². The molecule has 0 bridgehead atoms. The van der Waals surface area contributed by atoms with Crippen LogP contribution in [0.25, 0.3) is 0 Å². The molecule has 0 aromatic heterocycles. The van der Waals surface area contributed by atoms with Gasteiger partial charge in [-0.15, -0.1) is 0 Å². The third-order valence-electron chi connectivity index (χ3n) is 6.19. The molecule has 3 rings (SSSR count). The molecule has 0 aliphatic carbocycles. The van der Waals surface area contributed by atoms with Crippen molar-refractivity contribution in [3.8, 4) is 5.75 Å². The number of nitrogens with one attached hydrogen (secondary N) is 2. The average Bonchev–Trinajstić information content (AvgIpc) is 2.83. The van der Waals surface area contributed by atoms with Gasteiger partial charge in [-0.05, 0) is 69.0 Å². The quantitative estimate of drug-likeness (QED) is 0.411. The van der Waals surface area contributed by atoms with Gasteiger partial charge in [-0.25, -0.2) is 0 Å². The second kappa shape index (κ2) is 12.5. The Morgan fingerprint density at radius 1 is 1.16 bits per heavy atom. The van der Waals surface area contributed by atoms with Gasteiger partial charge in [0.1, 0.15) is 5.75 Å². The number of ether oxygens (including phenoxy) is 1. The van der Waals surface area contributed by atoms with Crippen LogP contribution in [-0.2, 0) is 0 Å². The number of aliphatic hydroxyl groups is 1. The van der Waals surface area contributed by atoms with Gasteiger partial charge in [-0.3, -0.25) is 9.89 Å². The standard InChI is InChI=1S/C26H38N4O2/c1-4-27-26(28-17-16-24(31)20-9-6-5-7-10-20)29-19-22-11-8-18-30(2)25(22)21-12-14-23(32-3)15-13-21/h5-7,9-10,12-15,22,24-25,31H,4,8,11,16-19H2,1-3H3,(H2,27,28,29). The van der Waals surface area contributed by atoms with Crippen molar-refractivity contribution in [2.24, 2.45) is 10.9 Å². The van der Waals surface area contributed by atoms with Crippen molar-refractivity contribution in [3.05, 3.63) is 65.7 Å². The SMILES string of the molecule is CCNC(=NCC1CCCN(C)C1c1ccc(OC)cc1)NCCC(O)c1ccccc1. The largest absolute Gasteiger partial charge is 0.497 e. The van der Waals surface area contributed by atoms with Crippen LogP contribution in [-0.4, -0.2) is 56.3 Å². The topological polar surface area (TPSA) is 69.1 Å². The van der Waals surface area contributed by atoms with Crippen LogP contribution >= 0.6 is 0 Å².